The van der Waals surface area contributed by atoms with Crippen molar-refractivity contribution in [3.8, 4) is 11.4 Å². The first-order valence-corrected chi connectivity index (χ1v) is 6.64. The van der Waals surface area contributed by atoms with E-state index in [1.165, 1.54) is 0 Å². The summed E-state index contributed by atoms with van der Waals surface area (Å²) in [4.78, 5) is 0. The summed E-state index contributed by atoms with van der Waals surface area (Å²) in [7, 11) is 0. The molecule has 1 heterocycles. The quantitative estimate of drug-likeness (QED) is 0.918. The Morgan fingerprint density at radius 3 is 2.53 bits per heavy atom. The minimum Gasteiger partial charge on any atom is -0.324 e. The van der Waals surface area contributed by atoms with Crippen LogP contribution in [-0.2, 0) is 12.1 Å². The molecule has 2 rings (SSSR count). The molecule has 0 saturated carbocycles. The second kappa shape index (κ2) is 4.94. The van der Waals surface area contributed by atoms with Crippen LogP contribution in [0.2, 0.25) is 5.02 Å². The molecule has 5 heteroatoms. The highest BCUT2D eigenvalue weighted by atomic mass is 35.5. The van der Waals surface area contributed by atoms with Crippen molar-refractivity contribution in [1.82, 2.24) is 14.8 Å². The Kier molecular flexibility index (Phi) is 3.65. The Bertz CT molecular complexity index is 596. The Labute approximate surface area is 118 Å². The minimum absolute atomic E-state index is 0.152. The average Bonchev–Trinajstić information content (AvgIpc) is 2.76. The number of hydrogen-bond donors (Lipinski definition) is 1. The summed E-state index contributed by atoms with van der Waals surface area (Å²) >= 11 is 6.39. The maximum absolute atomic E-state index is 6.39. The Morgan fingerprint density at radius 2 is 1.95 bits per heavy atom. The first-order chi connectivity index (χ1) is 8.86. The molecule has 0 amide bonds. The second-order valence-electron chi connectivity index (χ2n) is 5.59. The molecule has 0 atom stereocenters. The fraction of sp³-hybridized carbons (Fsp3) is 0.429. The molecule has 0 unspecified atom stereocenters. The van der Waals surface area contributed by atoms with Gasteiger partial charge in [0, 0.05) is 11.1 Å². The molecule has 0 radical (unpaired) electrons. The number of nitrogens with two attached hydrogens (primary N) is 1. The molecule has 0 aliphatic heterocycles. The lowest BCUT2D eigenvalue weighted by molar-refractivity contribution is 0.386. The summed E-state index contributed by atoms with van der Waals surface area (Å²) in [5, 5.41) is 9.16. The van der Waals surface area contributed by atoms with E-state index < -0.39 is 0 Å². The molecule has 0 aliphatic rings. The third kappa shape index (κ3) is 2.51. The Hall–Kier alpha value is -1.39. The second-order valence-corrected chi connectivity index (χ2v) is 5.96. The van der Waals surface area contributed by atoms with Gasteiger partial charge < -0.3 is 10.3 Å². The van der Waals surface area contributed by atoms with E-state index in [9.17, 15) is 0 Å². The molecule has 0 saturated heterocycles. The van der Waals surface area contributed by atoms with Gasteiger partial charge in [-0.1, -0.05) is 23.7 Å². The monoisotopic (exact) mass is 278 g/mol. The van der Waals surface area contributed by atoms with Gasteiger partial charge in [0.05, 0.1) is 11.6 Å². The largest absolute Gasteiger partial charge is 0.324 e. The van der Waals surface area contributed by atoms with Crippen LogP contribution in [0.15, 0.2) is 18.2 Å². The maximum atomic E-state index is 6.39. The van der Waals surface area contributed by atoms with E-state index in [-0.39, 0.29) is 5.54 Å². The molecule has 1 aromatic heterocycles. The number of hydrogen-bond acceptors (Lipinski definition) is 3. The van der Waals surface area contributed by atoms with Gasteiger partial charge in [-0.2, -0.15) is 0 Å². The zero-order valence-electron chi connectivity index (χ0n) is 11.7. The molecular formula is C14H19ClN4. The van der Waals surface area contributed by atoms with E-state index in [2.05, 4.69) is 31.0 Å². The fourth-order valence-corrected chi connectivity index (χ4v) is 2.36. The highest BCUT2D eigenvalue weighted by molar-refractivity contribution is 6.33. The average molecular weight is 279 g/mol. The topological polar surface area (TPSA) is 56.7 Å². The number of benzene rings is 1. The number of aryl methyl sites for hydroxylation is 1. The van der Waals surface area contributed by atoms with Crippen molar-refractivity contribution in [2.24, 2.45) is 5.73 Å². The van der Waals surface area contributed by atoms with E-state index in [1.807, 2.05) is 29.7 Å². The summed E-state index contributed by atoms with van der Waals surface area (Å²) < 4.78 is 2.05. The van der Waals surface area contributed by atoms with Crippen molar-refractivity contribution in [2.75, 3.05) is 0 Å². The number of nitrogens with zero attached hydrogens (tertiary/aromatic N) is 3. The summed E-state index contributed by atoms with van der Waals surface area (Å²) in [6.07, 6.45) is 0. The number of aromatic nitrogens is 3. The molecule has 102 valence electrons. The lowest BCUT2D eigenvalue weighted by Gasteiger charge is -2.25. The molecular weight excluding hydrogens is 260 g/mol. The molecule has 4 nitrogen and oxygen atoms in total. The minimum atomic E-state index is -0.152. The predicted octanol–water partition coefficient (Wildman–Crippen LogP) is 3.12. The first-order valence-electron chi connectivity index (χ1n) is 6.26. The molecule has 0 aliphatic carbocycles. The van der Waals surface area contributed by atoms with Gasteiger partial charge in [0.25, 0.3) is 0 Å². The van der Waals surface area contributed by atoms with Crippen LogP contribution in [0, 0.1) is 6.92 Å². The standard InChI is InChI=1S/C14H19ClN4/c1-9-6-5-7-10(12(9)15)13-18-17-11(8-16)19(13)14(2,3)4/h5-7H,8,16H2,1-4H3. The number of rotatable bonds is 2. The Morgan fingerprint density at radius 1 is 1.26 bits per heavy atom. The summed E-state index contributed by atoms with van der Waals surface area (Å²) in [6, 6.07) is 5.91. The van der Waals surface area contributed by atoms with Gasteiger partial charge >= 0.3 is 0 Å². The van der Waals surface area contributed by atoms with Crippen molar-refractivity contribution in [2.45, 2.75) is 39.8 Å². The van der Waals surface area contributed by atoms with Crippen LogP contribution in [0.4, 0.5) is 0 Å². The Balaban J connectivity index is 2.70. The maximum Gasteiger partial charge on any atom is 0.166 e. The van der Waals surface area contributed by atoms with Gasteiger partial charge in [-0.3, -0.25) is 0 Å². The van der Waals surface area contributed by atoms with Crippen molar-refractivity contribution in [1.29, 1.82) is 0 Å². The van der Waals surface area contributed by atoms with Crippen LogP contribution in [0.3, 0.4) is 0 Å². The van der Waals surface area contributed by atoms with Gasteiger partial charge in [-0.15, -0.1) is 10.2 Å². The lowest BCUT2D eigenvalue weighted by atomic mass is 10.1. The van der Waals surface area contributed by atoms with Gasteiger partial charge in [-0.25, -0.2) is 0 Å². The first kappa shape index (κ1) is 14.0. The van der Waals surface area contributed by atoms with Crippen molar-refractivity contribution >= 4 is 11.6 Å². The highest BCUT2D eigenvalue weighted by Gasteiger charge is 2.24. The van der Waals surface area contributed by atoms with Crippen molar-refractivity contribution in [3.63, 3.8) is 0 Å². The van der Waals surface area contributed by atoms with E-state index in [4.69, 9.17) is 17.3 Å². The van der Waals surface area contributed by atoms with E-state index in [1.54, 1.807) is 0 Å². The fourth-order valence-electron chi connectivity index (χ4n) is 2.15. The summed E-state index contributed by atoms with van der Waals surface area (Å²) in [6.45, 7) is 8.63. The van der Waals surface area contributed by atoms with Crippen molar-refractivity contribution < 1.29 is 0 Å². The van der Waals surface area contributed by atoms with Crippen LogP contribution >= 0.6 is 11.6 Å². The van der Waals surface area contributed by atoms with Gasteiger partial charge in [0.2, 0.25) is 0 Å². The van der Waals surface area contributed by atoms with Gasteiger partial charge in [-0.05, 0) is 39.3 Å². The summed E-state index contributed by atoms with van der Waals surface area (Å²) in [5.41, 5.74) is 7.52. The highest BCUT2D eigenvalue weighted by Crippen LogP contribution is 2.32. The summed E-state index contributed by atoms with van der Waals surface area (Å²) in [5.74, 6) is 1.53. The molecule has 2 N–H and O–H groups in total. The normalized spacial score (nSPS) is 11.9. The molecule has 19 heavy (non-hydrogen) atoms. The molecule has 2 aromatic rings. The van der Waals surface area contributed by atoms with Crippen LogP contribution < -0.4 is 5.73 Å². The van der Waals surface area contributed by atoms with E-state index >= 15 is 0 Å². The predicted molar refractivity (Wildman–Crippen MR) is 78.1 cm³/mol. The lowest BCUT2D eigenvalue weighted by Crippen LogP contribution is -2.26. The molecule has 1 aromatic carbocycles. The SMILES string of the molecule is Cc1cccc(-c2nnc(CN)n2C(C)(C)C)c1Cl. The van der Waals surface area contributed by atoms with Crippen molar-refractivity contribution in [3.05, 3.63) is 34.6 Å². The van der Waals surface area contributed by atoms with Crippen LogP contribution in [0.5, 0.6) is 0 Å². The molecule has 0 bridgehead atoms. The van der Waals surface area contributed by atoms with E-state index in [0.29, 0.717) is 11.6 Å². The zero-order chi connectivity index (χ0) is 14.2. The smallest absolute Gasteiger partial charge is 0.166 e. The third-order valence-electron chi connectivity index (χ3n) is 3.02. The van der Waals surface area contributed by atoms with Crippen LogP contribution in [-0.4, -0.2) is 14.8 Å². The number of halogens is 1. The van der Waals surface area contributed by atoms with Crippen LogP contribution in [0.25, 0.3) is 11.4 Å². The van der Waals surface area contributed by atoms with Crippen LogP contribution in [0.1, 0.15) is 32.2 Å². The molecule has 0 spiro atoms. The third-order valence-corrected chi connectivity index (χ3v) is 3.52. The van der Waals surface area contributed by atoms with Gasteiger partial charge in [0.15, 0.2) is 5.82 Å². The van der Waals surface area contributed by atoms with Gasteiger partial charge in [0.1, 0.15) is 5.82 Å². The van der Waals surface area contributed by atoms with E-state index in [0.717, 1.165) is 22.8 Å². The zero-order valence-corrected chi connectivity index (χ0v) is 12.5. The molecule has 0 fully saturated rings.